The monoisotopic (exact) mass is 343 g/mol. The second kappa shape index (κ2) is 7.21. The van der Waals surface area contributed by atoms with Gasteiger partial charge in [-0.3, -0.25) is 4.98 Å². The summed E-state index contributed by atoms with van der Waals surface area (Å²) in [4.78, 5) is 16.3. The molecule has 0 amide bonds. The molecule has 2 unspecified atom stereocenters. The highest BCUT2D eigenvalue weighted by molar-refractivity contribution is 5.90. The lowest BCUT2D eigenvalue weighted by Crippen LogP contribution is -2.29. The van der Waals surface area contributed by atoms with E-state index in [1.54, 1.807) is 37.4 Å². The van der Waals surface area contributed by atoms with Gasteiger partial charge in [-0.15, -0.1) is 0 Å². The first-order valence-electron chi connectivity index (χ1n) is 8.17. The highest BCUT2D eigenvalue weighted by Gasteiger charge is 2.39. The van der Waals surface area contributed by atoms with E-state index in [-0.39, 0.29) is 12.4 Å². The van der Waals surface area contributed by atoms with E-state index < -0.39 is 18.0 Å². The fourth-order valence-corrected chi connectivity index (χ4v) is 2.70. The van der Waals surface area contributed by atoms with Crippen LogP contribution in [0.1, 0.15) is 35.0 Å². The van der Waals surface area contributed by atoms with Crippen LogP contribution in [0.4, 0.5) is 0 Å². The molecule has 1 aliphatic rings. The number of phenolic OH excluding ortho intramolecular Hbond substituents is 1. The van der Waals surface area contributed by atoms with Gasteiger partial charge in [-0.05, 0) is 50.1 Å². The highest BCUT2D eigenvalue weighted by Crippen LogP contribution is 2.29. The summed E-state index contributed by atoms with van der Waals surface area (Å²) in [5.41, 5.74) is 2.10. The van der Waals surface area contributed by atoms with Crippen LogP contribution < -0.4 is 0 Å². The van der Waals surface area contributed by atoms with Crippen LogP contribution in [0, 0.1) is 6.92 Å². The number of esters is 1. The minimum absolute atomic E-state index is 0.192. The van der Waals surface area contributed by atoms with Gasteiger partial charge in [0.2, 0.25) is 6.29 Å². The van der Waals surface area contributed by atoms with Gasteiger partial charge >= 0.3 is 5.97 Å². The Morgan fingerprint density at radius 2 is 2.12 bits per heavy atom. The van der Waals surface area contributed by atoms with Gasteiger partial charge in [-0.25, -0.2) is 4.79 Å². The summed E-state index contributed by atoms with van der Waals surface area (Å²) in [6.45, 7) is 3.78. The summed E-state index contributed by atoms with van der Waals surface area (Å²) < 4.78 is 16.9. The average Bonchev–Trinajstić information content (AvgIpc) is 2.96. The van der Waals surface area contributed by atoms with Gasteiger partial charge in [0, 0.05) is 12.6 Å². The van der Waals surface area contributed by atoms with E-state index in [0.29, 0.717) is 17.7 Å². The Hall–Kier alpha value is -2.44. The Bertz CT molecular complexity index is 746. The second-order valence-corrected chi connectivity index (χ2v) is 6.20. The third-order valence-electron chi connectivity index (χ3n) is 4.17. The molecule has 2 atom stereocenters. The Morgan fingerprint density at radius 3 is 2.84 bits per heavy atom. The molecule has 1 fully saturated rings. The van der Waals surface area contributed by atoms with Crippen LogP contribution in [0.15, 0.2) is 42.6 Å². The normalized spacial score (nSPS) is 22.7. The molecule has 0 saturated carbocycles. The first kappa shape index (κ1) is 17.4. The molecule has 132 valence electrons. The number of pyridine rings is 1. The van der Waals surface area contributed by atoms with E-state index in [1.807, 2.05) is 19.1 Å². The van der Waals surface area contributed by atoms with E-state index in [1.165, 1.54) is 0 Å². The molecule has 2 heterocycles. The highest BCUT2D eigenvalue weighted by atomic mass is 16.8. The van der Waals surface area contributed by atoms with Crippen LogP contribution in [-0.4, -0.2) is 34.7 Å². The average molecular weight is 343 g/mol. The molecule has 1 aromatic heterocycles. The van der Waals surface area contributed by atoms with Crippen LogP contribution in [0.3, 0.4) is 0 Å². The third kappa shape index (κ3) is 4.35. The lowest BCUT2D eigenvalue weighted by atomic mass is 10.1. The summed E-state index contributed by atoms with van der Waals surface area (Å²) >= 11 is 0. The molecule has 3 rings (SSSR count). The predicted octanol–water partition coefficient (Wildman–Crippen LogP) is 2.97. The third-order valence-corrected chi connectivity index (χ3v) is 4.17. The summed E-state index contributed by atoms with van der Waals surface area (Å²) in [6.07, 6.45) is 2.22. The number of phenols is 1. The van der Waals surface area contributed by atoms with Crippen molar-refractivity contribution in [1.29, 1.82) is 0 Å². The number of aromatic nitrogens is 1. The lowest BCUT2D eigenvalue weighted by Gasteiger charge is -2.23. The van der Waals surface area contributed by atoms with Gasteiger partial charge in [0.1, 0.15) is 12.4 Å². The Morgan fingerprint density at radius 1 is 1.36 bits per heavy atom. The van der Waals surface area contributed by atoms with Crippen molar-refractivity contribution in [3.8, 4) is 5.75 Å². The zero-order chi connectivity index (χ0) is 17.9. The van der Waals surface area contributed by atoms with Gasteiger partial charge in [0.25, 0.3) is 0 Å². The largest absolute Gasteiger partial charge is 0.508 e. The molecular formula is C19H21NO5. The number of hydrogen-bond acceptors (Lipinski definition) is 6. The minimum atomic E-state index is -0.813. The molecule has 6 heteroatoms. The number of nitrogens with zero attached hydrogens (tertiary/aromatic N) is 1. The van der Waals surface area contributed by atoms with Crippen molar-refractivity contribution in [2.24, 2.45) is 0 Å². The molecule has 2 aromatic rings. The van der Waals surface area contributed by atoms with Crippen molar-refractivity contribution >= 4 is 5.97 Å². The van der Waals surface area contributed by atoms with Crippen LogP contribution in [-0.2, 0) is 20.6 Å². The molecule has 1 aromatic carbocycles. The van der Waals surface area contributed by atoms with Crippen LogP contribution >= 0.6 is 0 Å². The van der Waals surface area contributed by atoms with Crippen molar-refractivity contribution in [3.05, 3.63) is 59.4 Å². The van der Waals surface area contributed by atoms with E-state index in [0.717, 1.165) is 12.0 Å². The van der Waals surface area contributed by atoms with Crippen LogP contribution in [0.5, 0.6) is 5.75 Å². The molecule has 25 heavy (non-hydrogen) atoms. The molecular weight excluding hydrogens is 322 g/mol. The maximum absolute atomic E-state index is 12.2. The van der Waals surface area contributed by atoms with Crippen molar-refractivity contribution in [2.75, 3.05) is 6.61 Å². The first-order chi connectivity index (χ1) is 12.0. The second-order valence-electron chi connectivity index (χ2n) is 6.20. The number of benzene rings is 1. The quantitative estimate of drug-likeness (QED) is 0.841. The molecule has 0 spiro atoms. The molecule has 0 aliphatic carbocycles. The standard InChI is InChI=1S/C19H21NO5/c1-13-16(4-3-11-20-13)18(22)24-17-12-23-19(2,25-17)10-9-14-5-7-15(21)8-6-14/h3-8,11,17,21H,9-10,12H2,1-2H3. The molecule has 6 nitrogen and oxygen atoms in total. The van der Waals surface area contributed by atoms with Gasteiger partial charge in [-0.2, -0.15) is 0 Å². The van der Waals surface area contributed by atoms with Crippen molar-refractivity contribution < 1.29 is 24.1 Å². The number of rotatable bonds is 5. The number of aryl methyl sites for hydroxylation is 2. The smallest absolute Gasteiger partial charge is 0.342 e. The Kier molecular flexibility index (Phi) is 5.01. The van der Waals surface area contributed by atoms with E-state index in [9.17, 15) is 9.90 Å². The topological polar surface area (TPSA) is 77.9 Å². The maximum atomic E-state index is 12.2. The number of ether oxygens (including phenoxy) is 3. The van der Waals surface area contributed by atoms with Crippen molar-refractivity contribution in [2.45, 2.75) is 38.8 Å². The maximum Gasteiger partial charge on any atom is 0.342 e. The summed E-state index contributed by atoms with van der Waals surface area (Å²) in [5.74, 6) is -1.05. The Balaban J connectivity index is 1.54. The lowest BCUT2D eigenvalue weighted by molar-refractivity contribution is -0.190. The molecule has 0 bridgehead atoms. The predicted molar refractivity (Wildman–Crippen MR) is 90.0 cm³/mol. The number of carbonyl (C=O) groups is 1. The number of carbonyl (C=O) groups excluding carboxylic acids is 1. The van der Waals surface area contributed by atoms with Gasteiger partial charge < -0.3 is 19.3 Å². The molecule has 1 N–H and O–H groups in total. The first-order valence-corrected chi connectivity index (χ1v) is 8.17. The zero-order valence-corrected chi connectivity index (χ0v) is 14.3. The molecule has 0 radical (unpaired) electrons. The van der Waals surface area contributed by atoms with E-state index in [2.05, 4.69) is 4.98 Å². The van der Waals surface area contributed by atoms with E-state index >= 15 is 0 Å². The van der Waals surface area contributed by atoms with Crippen LogP contribution in [0.2, 0.25) is 0 Å². The fourth-order valence-electron chi connectivity index (χ4n) is 2.70. The fraction of sp³-hybridized carbons (Fsp3) is 0.368. The van der Waals surface area contributed by atoms with Gasteiger partial charge in [0.15, 0.2) is 5.79 Å². The summed E-state index contributed by atoms with van der Waals surface area (Å²) in [5, 5.41) is 9.32. The Labute approximate surface area is 146 Å². The zero-order valence-electron chi connectivity index (χ0n) is 14.3. The van der Waals surface area contributed by atoms with Gasteiger partial charge in [-0.1, -0.05) is 12.1 Å². The number of aromatic hydroxyl groups is 1. The van der Waals surface area contributed by atoms with Gasteiger partial charge in [0.05, 0.1) is 11.3 Å². The van der Waals surface area contributed by atoms with Crippen LogP contribution in [0.25, 0.3) is 0 Å². The number of hydrogen-bond donors (Lipinski definition) is 1. The van der Waals surface area contributed by atoms with Crippen molar-refractivity contribution in [1.82, 2.24) is 4.98 Å². The summed E-state index contributed by atoms with van der Waals surface area (Å²) in [7, 11) is 0. The molecule has 1 saturated heterocycles. The van der Waals surface area contributed by atoms with Crippen molar-refractivity contribution in [3.63, 3.8) is 0 Å². The summed E-state index contributed by atoms with van der Waals surface area (Å²) in [6, 6.07) is 10.4. The SMILES string of the molecule is Cc1ncccc1C(=O)OC1COC(C)(CCc2ccc(O)cc2)O1. The molecule has 1 aliphatic heterocycles. The van der Waals surface area contributed by atoms with E-state index in [4.69, 9.17) is 14.2 Å². The minimum Gasteiger partial charge on any atom is -0.508 e.